The second-order valence-corrected chi connectivity index (χ2v) is 5.18. The van der Waals surface area contributed by atoms with E-state index in [1.807, 2.05) is 0 Å². The summed E-state index contributed by atoms with van der Waals surface area (Å²) in [6, 6.07) is 2.56. The largest absolute Gasteiger partial charge is 0.391 e. The highest BCUT2D eigenvalue weighted by atomic mass is 35.5. The van der Waals surface area contributed by atoms with Gasteiger partial charge in [-0.25, -0.2) is 4.39 Å². The fraction of sp³-hybridized carbons (Fsp3) is 0.462. The molecule has 3 N–H and O–H groups in total. The monoisotopic (exact) mass is 286 g/mol. The third kappa shape index (κ3) is 3.23. The molecule has 2 atom stereocenters. The first-order valence-corrected chi connectivity index (χ1v) is 6.49. The lowest BCUT2D eigenvalue weighted by Crippen LogP contribution is -2.34. The second kappa shape index (κ2) is 5.86. The van der Waals surface area contributed by atoms with Gasteiger partial charge in [-0.2, -0.15) is 0 Å². The van der Waals surface area contributed by atoms with E-state index in [1.165, 1.54) is 6.07 Å². The summed E-state index contributed by atoms with van der Waals surface area (Å²) >= 11 is 5.86. The van der Waals surface area contributed by atoms with Gasteiger partial charge in [0.25, 0.3) is 5.91 Å². The molecule has 6 heteroatoms. The van der Waals surface area contributed by atoms with Crippen LogP contribution >= 0.6 is 11.6 Å². The number of aliphatic hydroxyl groups excluding tert-OH is 1. The number of nitrogens with one attached hydrogen (secondary N) is 2. The summed E-state index contributed by atoms with van der Waals surface area (Å²) in [5.41, 5.74) is 0.623. The minimum Gasteiger partial charge on any atom is -0.391 e. The zero-order valence-electron chi connectivity index (χ0n) is 10.5. The molecule has 0 aliphatic carbocycles. The molecular formula is C13H16ClFN2O2. The van der Waals surface area contributed by atoms with Crippen molar-refractivity contribution in [2.75, 3.05) is 19.6 Å². The van der Waals surface area contributed by atoms with E-state index in [-0.39, 0.29) is 22.4 Å². The standard InChI is InChI=1S/C13H16ClFN2O2/c1-7-2-9(10(14)3-11(7)15)13(19)17-5-8-4-16-6-12(8)18/h2-3,8,12,16,18H,4-6H2,1H3,(H,17,19). The number of hydrogen-bond donors (Lipinski definition) is 3. The van der Waals surface area contributed by atoms with Crippen LogP contribution in [0.25, 0.3) is 0 Å². The molecule has 0 saturated carbocycles. The molecule has 0 spiro atoms. The number of rotatable bonds is 3. The zero-order valence-corrected chi connectivity index (χ0v) is 11.3. The van der Waals surface area contributed by atoms with Gasteiger partial charge < -0.3 is 15.7 Å². The van der Waals surface area contributed by atoms with Gasteiger partial charge >= 0.3 is 0 Å². The minimum absolute atomic E-state index is 0.00993. The molecule has 1 aromatic carbocycles. The Balaban J connectivity index is 2.02. The van der Waals surface area contributed by atoms with E-state index in [0.717, 1.165) is 6.07 Å². The van der Waals surface area contributed by atoms with Crippen LogP contribution in [0, 0.1) is 18.7 Å². The third-order valence-corrected chi connectivity index (χ3v) is 3.63. The Labute approximate surface area is 116 Å². The van der Waals surface area contributed by atoms with Crippen molar-refractivity contribution < 1.29 is 14.3 Å². The van der Waals surface area contributed by atoms with Gasteiger partial charge in [-0.3, -0.25) is 4.79 Å². The molecule has 0 bridgehead atoms. The number of aliphatic hydroxyl groups is 1. The molecule has 0 aromatic heterocycles. The molecule has 1 heterocycles. The van der Waals surface area contributed by atoms with Crippen LogP contribution in [-0.2, 0) is 0 Å². The highest BCUT2D eigenvalue weighted by molar-refractivity contribution is 6.33. The molecule has 19 heavy (non-hydrogen) atoms. The quantitative estimate of drug-likeness (QED) is 0.780. The summed E-state index contributed by atoms with van der Waals surface area (Å²) in [5, 5.41) is 15.5. The van der Waals surface area contributed by atoms with E-state index >= 15 is 0 Å². The van der Waals surface area contributed by atoms with Crippen LogP contribution in [-0.4, -0.2) is 36.8 Å². The number of carbonyl (C=O) groups excluding carboxylic acids is 1. The number of benzene rings is 1. The summed E-state index contributed by atoms with van der Waals surface area (Å²) < 4.78 is 13.2. The Kier molecular flexibility index (Phi) is 4.39. The lowest BCUT2D eigenvalue weighted by atomic mass is 10.1. The molecule has 1 amide bonds. The van der Waals surface area contributed by atoms with E-state index in [4.69, 9.17) is 11.6 Å². The lowest BCUT2D eigenvalue weighted by Gasteiger charge is -2.14. The van der Waals surface area contributed by atoms with Crippen LogP contribution in [0.1, 0.15) is 15.9 Å². The van der Waals surface area contributed by atoms with Crippen LogP contribution in [0.2, 0.25) is 5.02 Å². The van der Waals surface area contributed by atoms with E-state index in [1.54, 1.807) is 6.92 Å². The summed E-state index contributed by atoms with van der Waals surface area (Å²) in [6.07, 6.45) is -0.453. The normalized spacial score (nSPS) is 22.5. The predicted molar refractivity (Wildman–Crippen MR) is 70.8 cm³/mol. The van der Waals surface area contributed by atoms with Crippen LogP contribution in [0.4, 0.5) is 4.39 Å². The van der Waals surface area contributed by atoms with E-state index in [2.05, 4.69) is 10.6 Å². The summed E-state index contributed by atoms with van der Waals surface area (Å²) in [6.45, 7) is 3.14. The molecule has 0 radical (unpaired) electrons. The maximum Gasteiger partial charge on any atom is 0.252 e. The highest BCUT2D eigenvalue weighted by Gasteiger charge is 2.25. The Morgan fingerprint density at radius 3 is 2.95 bits per heavy atom. The molecular weight excluding hydrogens is 271 g/mol. The summed E-state index contributed by atoms with van der Waals surface area (Å²) in [5.74, 6) is -0.798. The van der Waals surface area contributed by atoms with E-state index in [0.29, 0.717) is 25.2 Å². The first kappa shape index (κ1) is 14.2. The van der Waals surface area contributed by atoms with Gasteiger partial charge in [0, 0.05) is 25.6 Å². The maximum atomic E-state index is 13.2. The van der Waals surface area contributed by atoms with Crippen molar-refractivity contribution in [1.82, 2.24) is 10.6 Å². The summed E-state index contributed by atoms with van der Waals surface area (Å²) in [7, 11) is 0. The van der Waals surface area contributed by atoms with Crippen molar-refractivity contribution in [2.24, 2.45) is 5.92 Å². The van der Waals surface area contributed by atoms with Gasteiger partial charge in [-0.15, -0.1) is 0 Å². The molecule has 1 aliphatic rings. The average Bonchev–Trinajstić information content (AvgIpc) is 2.76. The van der Waals surface area contributed by atoms with Gasteiger partial charge in [0.15, 0.2) is 0 Å². The zero-order chi connectivity index (χ0) is 14.0. The molecule has 1 saturated heterocycles. The lowest BCUT2D eigenvalue weighted by molar-refractivity contribution is 0.0927. The highest BCUT2D eigenvalue weighted by Crippen LogP contribution is 2.20. The average molecular weight is 287 g/mol. The number of aryl methyl sites for hydroxylation is 1. The molecule has 4 nitrogen and oxygen atoms in total. The smallest absolute Gasteiger partial charge is 0.252 e. The molecule has 1 aliphatic heterocycles. The fourth-order valence-corrected chi connectivity index (χ4v) is 2.31. The maximum absolute atomic E-state index is 13.2. The molecule has 104 valence electrons. The van der Waals surface area contributed by atoms with Gasteiger partial charge in [0.1, 0.15) is 5.82 Å². The SMILES string of the molecule is Cc1cc(C(=O)NCC2CNCC2O)c(Cl)cc1F. The van der Waals surface area contributed by atoms with Crippen molar-refractivity contribution in [3.63, 3.8) is 0 Å². The predicted octanol–water partition coefficient (Wildman–Crippen LogP) is 1.10. The number of hydrogen-bond acceptors (Lipinski definition) is 3. The van der Waals surface area contributed by atoms with Crippen molar-refractivity contribution in [2.45, 2.75) is 13.0 Å². The van der Waals surface area contributed by atoms with Crippen LogP contribution in [0.3, 0.4) is 0 Å². The van der Waals surface area contributed by atoms with Crippen LogP contribution in [0.15, 0.2) is 12.1 Å². The van der Waals surface area contributed by atoms with Gasteiger partial charge in [-0.1, -0.05) is 11.6 Å². The Morgan fingerprint density at radius 1 is 1.58 bits per heavy atom. The van der Waals surface area contributed by atoms with Crippen molar-refractivity contribution in [3.05, 3.63) is 34.1 Å². The number of amides is 1. The Bertz CT molecular complexity index is 496. The van der Waals surface area contributed by atoms with Crippen molar-refractivity contribution in [1.29, 1.82) is 0 Å². The molecule has 1 aromatic rings. The number of carbonyl (C=O) groups is 1. The Morgan fingerprint density at radius 2 is 2.32 bits per heavy atom. The molecule has 2 unspecified atom stereocenters. The topological polar surface area (TPSA) is 61.4 Å². The minimum atomic E-state index is -0.453. The van der Waals surface area contributed by atoms with E-state index < -0.39 is 11.9 Å². The van der Waals surface area contributed by atoms with Crippen molar-refractivity contribution >= 4 is 17.5 Å². The first-order chi connectivity index (χ1) is 8.99. The third-order valence-electron chi connectivity index (χ3n) is 3.32. The summed E-state index contributed by atoms with van der Waals surface area (Å²) in [4.78, 5) is 12.0. The number of β-amino-alcohol motifs (C(OH)–C–C–N with tert-alkyl or cyclic N) is 1. The fourth-order valence-electron chi connectivity index (χ4n) is 2.08. The Hall–Kier alpha value is -1.17. The van der Waals surface area contributed by atoms with Gasteiger partial charge in [-0.05, 0) is 24.6 Å². The van der Waals surface area contributed by atoms with Crippen LogP contribution in [0.5, 0.6) is 0 Å². The molecule has 1 fully saturated rings. The van der Waals surface area contributed by atoms with E-state index in [9.17, 15) is 14.3 Å². The van der Waals surface area contributed by atoms with Gasteiger partial charge in [0.05, 0.1) is 16.7 Å². The second-order valence-electron chi connectivity index (χ2n) is 4.78. The van der Waals surface area contributed by atoms with Gasteiger partial charge in [0.2, 0.25) is 0 Å². The first-order valence-electron chi connectivity index (χ1n) is 6.11. The van der Waals surface area contributed by atoms with Crippen molar-refractivity contribution in [3.8, 4) is 0 Å². The molecule has 2 rings (SSSR count). The number of halogens is 2. The van der Waals surface area contributed by atoms with Crippen LogP contribution < -0.4 is 10.6 Å².